The van der Waals surface area contributed by atoms with Crippen molar-refractivity contribution >= 4 is 17.4 Å². The molecule has 1 aromatic carbocycles. The van der Waals surface area contributed by atoms with Crippen molar-refractivity contribution in [3.63, 3.8) is 0 Å². The summed E-state index contributed by atoms with van der Waals surface area (Å²) in [6.45, 7) is 2.55. The fourth-order valence-corrected chi connectivity index (χ4v) is 2.16. The Hall–Kier alpha value is -3.28. The van der Waals surface area contributed by atoms with Crippen molar-refractivity contribution < 1.29 is 4.79 Å². The number of aromatic nitrogens is 3. The first kappa shape index (κ1) is 15.6. The van der Waals surface area contributed by atoms with Crippen molar-refractivity contribution in [3.05, 3.63) is 78.0 Å². The molecule has 2 aromatic heterocycles. The van der Waals surface area contributed by atoms with Gasteiger partial charge in [-0.25, -0.2) is 9.97 Å². The second kappa shape index (κ2) is 7.32. The van der Waals surface area contributed by atoms with Gasteiger partial charge in [0.25, 0.3) is 5.91 Å². The molecule has 0 bridgehead atoms. The highest BCUT2D eigenvalue weighted by molar-refractivity contribution is 6.04. The molecular formula is C18H17N5O. The highest BCUT2D eigenvalue weighted by Crippen LogP contribution is 2.11. The zero-order valence-electron chi connectivity index (χ0n) is 13.2. The number of nitrogens with zero attached hydrogens (tertiary/aromatic N) is 3. The van der Waals surface area contributed by atoms with Crippen molar-refractivity contribution in [2.75, 3.05) is 10.6 Å². The van der Waals surface area contributed by atoms with Gasteiger partial charge in [0.2, 0.25) is 0 Å². The summed E-state index contributed by atoms with van der Waals surface area (Å²) < 4.78 is 0. The molecule has 120 valence electrons. The van der Waals surface area contributed by atoms with Gasteiger partial charge in [-0.2, -0.15) is 0 Å². The third kappa shape index (κ3) is 4.13. The zero-order chi connectivity index (χ0) is 16.8. The number of anilines is 2. The molecule has 0 aliphatic carbocycles. The minimum Gasteiger partial charge on any atom is -0.366 e. The van der Waals surface area contributed by atoms with Gasteiger partial charge >= 0.3 is 0 Å². The monoisotopic (exact) mass is 319 g/mol. The lowest BCUT2D eigenvalue weighted by atomic mass is 10.1. The predicted octanol–water partition coefficient (Wildman–Crippen LogP) is 3.04. The lowest BCUT2D eigenvalue weighted by Crippen LogP contribution is -2.12. The Morgan fingerprint density at radius 2 is 1.79 bits per heavy atom. The van der Waals surface area contributed by atoms with Crippen LogP contribution >= 0.6 is 0 Å². The van der Waals surface area contributed by atoms with E-state index in [1.165, 1.54) is 6.33 Å². The second-order valence-corrected chi connectivity index (χ2v) is 5.29. The summed E-state index contributed by atoms with van der Waals surface area (Å²) >= 11 is 0. The molecule has 6 nitrogen and oxygen atoms in total. The van der Waals surface area contributed by atoms with Crippen molar-refractivity contribution in [1.29, 1.82) is 0 Å². The van der Waals surface area contributed by atoms with Gasteiger partial charge in [-0.05, 0) is 36.8 Å². The predicted molar refractivity (Wildman–Crippen MR) is 92.7 cm³/mol. The van der Waals surface area contributed by atoms with Crippen molar-refractivity contribution in [3.8, 4) is 0 Å². The Labute approximate surface area is 140 Å². The summed E-state index contributed by atoms with van der Waals surface area (Å²) in [6, 6.07) is 12.8. The minimum atomic E-state index is -0.146. The Bertz CT molecular complexity index is 818. The first-order valence-electron chi connectivity index (χ1n) is 7.53. The molecule has 0 aliphatic rings. The Morgan fingerprint density at radius 3 is 2.50 bits per heavy atom. The van der Waals surface area contributed by atoms with E-state index in [4.69, 9.17) is 0 Å². The molecular weight excluding hydrogens is 302 g/mol. The van der Waals surface area contributed by atoms with E-state index in [1.54, 1.807) is 36.7 Å². The van der Waals surface area contributed by atoms with Crippen LogP contribution in [0.25, 0.3) is 0 Å². The number of hydrogen-bond acceptors (Lipinski definition) is 5. The largest absolute Gasteiger partial charge is 0.366 e. The third-order valence-electron chi connectivity index (χ3n) is 3.43. The standard InChI is InChI=1S/C18H17N5O/c1-13-10-17(22-12-21-13)20-11-14-2-4-15(5-3-14)18(24)23-16-6-8-19-9-7-16/h2-10,12H,11H2,1H3,(H,19,23,24)(H,20,21,22). The van der Waals surface area contributed by atoms with E-state index in [9.17, 15) is 4.79 Å². The summed E-state index contributed by atoms with van der Waals surface area (Å²) in [6.07, 6.45) is 4.81. The van der Waals surface area contributed by atoms with Crippen LogP contribution < -0.4 is 10.6 Å². The lowest BCUT2D eigenvalue weighted by molar-refractivity contribution is 0.102. The lowest BCUT2D eigenvalue weighted by Gasteiger charge is -2.08. The van der Waals surface area contributed by atoms with Gasteiger partial charge in [0.1, 0.15) is 12.1 Å². The van der Waals surface area contributed by atoms with Gasteiger partial charge in [0, 0.05) is 41.9 Å². The molecule has 0 atom stereocenters. The van der Waals surface area contributed by atoms with E-state index < -0.39 is 0 Å². The molecule has 6 heteroatoms. The van der Waals surface area contributed by atoms with E-state index >= 15 is 0 Å². The Balaban J connectivity index is 1.59. The number of benzene rings is 1. The second-order valence-electron chi connectivity index (χ2n) is 5.29. The number of amides is 1. The van der Waals surface area contributed by atoms with Gasteiger partial charge < -0.3 is 10.6 Å². The topological polar surface area (TPSA) is 79.8 Å². The van der Waals surface area contributed by atoms with E-state index in [0.717, 1.165) is 22.8 Å². The summed E-state index contributed by atoms with van der Waals surface area (Å²) in [7, 11) is 0. The molecule has 0 spiro atoms. The van der Waals surface area contributed by atoms with Crippen LogP contribution in [0.3, 0.4) is 0 Å². The van der Waals surface area contributed by atoms with Crippen LogP contribution in [0.4, 0.5) is 11.5 Å². The molecule has 0 unspecified atom stereocenters. The molecule has 0 radical (unpaired) electrons. The van der Waals surface area contributed by atoms with Gasteiger partial charge in [0.05, 0.1) is 0 Å². The van der Waals surface area contributed by atoms with Crippen LogP contribution in [0.5, 0.6) is 0 Å². The quantitative estimate of drug-likeness (QED) is 0.755. The van der Waals surface area contributed by atoms with Crippen LogP contribution in [0.1, 0.15) is 21.6 Å². The fourth-order valence-electron chi connectivity index (χ4n) is 2.16. The van der Waals surface area contributed by atoms with E-state index in [1.807, 2.05) is 25.1 Å². The van der Waals surface area contributed by atoms with Crippen LogP contribution in [-0.4, -0.2) is 20.9 Å². The Kier molecular flexibility index (Phi) is 4.76. The number of carbonyl (C=O) groups is 1. The van der Waals surface area contributed by atoms with E-state index in [2.05, 4.69) is 25.6 Å². The zero-order valence-corrected chi connectivity index (χ0v) is 13.2. The molecule has 3 aromatic rings. The molecule has 24 heavy (non-hydrogen) atoms. The Morgan fingerprint density at radius 1 is 1.04 bits per heavy atom. The number of carbonyl (C=O) groups excluding carboxylic acids is 1. The molecule has 1 amide bonds. The fraction of sp³-hybridized carbons (Fsp3) is 0.111. The smallest absolute Gasteiger partial charge is 0.255 e. The minimum absolute atomic E-state index is 0.146. The van der Waals surface area contributed by atoms with Crippen LogP contribution in [-0.2, 0) is 6.54 Å². The number of pyridine rings is 1. The van der Waals surface area contributed by atoms with Gasteiger partial charge in [-0.1, -0.05) is 12.1 Å². The van der Waals surface area contributed by atoms with Crippen molar-refractivity contribution in [2.45, 2.75) is 13.5 Å². The maximum Gasteiger partial charge on any atom is 0.255 e. The maximum absolute atomic E-state index is 12.2. The SMILES string of the molecule is Cc1cc(NCc2ccc(C(=O)Nc3ccncc3)cc2)ncn1. The van der Waals surface area contributed by atoms with E-state index in [0.29, 0.717) is 12.1 Å². The van der Waals surface area contributed by atoms with Crippen LogP contribution in [0.2, 0.25) is 0 Å². The third-order valence-corrected chi connectivity index (χ3v) is 3.43. The molecule has 2 heterocycles. The highest BCUT2D eigenvalue weighted by Gasteiger charge is 2.06. The molecule has 0 fully saturated rings. The summed E-state index contributed by atoms with van der Waals surface area (Å²) in [4.78, 5) is 24.3. The molecule has 2 N–H and O–H groups in total. The van der Waals surface area contributed by atoms with Gasteiger partial charge in [0.15, 0.2) is 0 Å². The number of rotatable bonds is 5. The van der Waals surface area contributed by atoms with Gasteiger partial charge in [-0.3, -0.25) is 9.78 Å². The summed E-state index contributed by atoms with van der Waals surface area (Å²) in [5.41, 5.74) is 3.30. The molecule has 3 rings (SSSR count). The highest BCUT2D eigenvalue weighted by atomic mass is 16.1. The van der Waals surface area contributed by atoms with Crippen molar-refractivity contribution in [1.82, 2.24) is 15.0 Å². The first-order chi connectivity index (χ1) is 11.7. The average Bonchev–Trinajstić information content (AvgIpc) is 2.61. The van der Waals surface area contributed by atoms with Crippen molar-refractivity contribution in [2.24, 2.45) is 0 Å². The molecule has 0 saturated carbocycles. The molecule has 0 aliphatic heterocycles. The number of nitrogens with one attached hydrogen (secondary N) is 2. The van der Waals surface area contributed by atoms with E-state index in [-0.39, 0.29) is 5.91 Å². The summed E-state index contributed by atoms with van der Waals surface area (Å²) in [5, 5.41) is 6.06. The number of aryl methyl sites for hydroxylation is 1. The van der Waals surface area contributed by atoms with Crippen LogP contribution in [0, 0.1) is 6.92 Å². The van der Waals surface area contributed by atoms with Gasteiger partial charge in [-0.15, -0.1) is 0 Å². The van der Waals surface area contributed by atoms with Crippen LogP contribution in [0.15, 0.2) is 61.2 Å². The average molecular weight is 319 g/mol. The first-order valence-corrected chi connectivity index (χ1v) is 7.53. The summed E-state index contributed by atoms with van der Waals surface area (Å²) in [5.74, 6) is 0.633. The number of hydrogen-bond donors (Lipinski definition) is 2. The molecule has 0 saturated heterocycles. The normalized spacial score (nSPS) is 10.2. The maximum atomic E-state index is 12.2.